The molecule has 0 aromatic carbocycles. The summed E-state index contributed by atoms with van der Waals surface area (Å²) in [4.78, 5) is 1.98. The van der Waals surface area contributed by atoms with Crippen molar-refractivity contribution in [2.24, 2.45) is 0 Å². The fourth-order valence-corrected chi connectivity index (χ4v) is 1.48. The largest absolute Gasteiger partial charge is 0.388 e. The van der Waals surface area contributed by atoms with Gasteiger partial charge in [0.1, 0.15) is 0 Å². The Balaban J connectivity index is 3.71. The molecule has 0 spiro atoms. The number of nitrogens with zero attached hydrogens (tertiary/aromatic N) is 1. The van der Waals surface area contributed by atoms with Crippen LogP contribution in [0, 0.1) is 0 Å². The fraction of sp³-hybridized carbons (Fsp3) is 1.00. The van der Waals surface area contributed by atoms with Crippen LogP contribution in [0.3, 0.4) is 0 Å². The molecule has 0 aromatic heterocycles. The molecule has 2 unspecified atom stereocenters. The van der Waals surface area contributed by atoms with E-state index in [-0.39, 0.29) is 6.04 Å². The van der Waals surface area contributed by atoms with Gasteiger partial charge in [0.2, 0.25) is 0 Å². The second-order valence-corrected chi connectivity index (χ2v) is 4.68. The van der Waals surface area contributed by atoms with Crippen molar-refractivity contribution >= 4 is 0 Å². The van der Waals surface area contributed by atoms with Gasteiger partial charge in [-0.3, -0.25) is 0 Å². The Labute approximate surface area is 93.6 Å². The highest BCUT2D eigenvalue weighted by atomic mass is 16.5. The molecule has 0 radical (unpaired) electrons. The summed E-state index contributed by atoms with van der Waals surface area (Å²) in [6, 6.07) is 0.276. The van der Waals surface area contributed by atoms with Crippen LogP contribution >= 0.6 is 0 Å². The average molecular weight is 218 g/mol. The molecule has 0 heterocycles. The molecule has 4 nitrogen and oxygen atoms in total. The quantitative estimate of drug-likeness (QED) is 0.615. The molecule has 0 amide bonds. The number of hydrogen-bond donors (Lipinski definition) is 2. The summed E-state index contributed by atoms with van der Waals surface area (Å²) < 4.78 is 5.29. The Kier molecular flexibility index (Phi) is 7.09. The molecule has 0 saturated heterocycles. The summed E-state index contributed by atoms with van der Waals surface area (Å²) in [5.74, 6) is 0. The van der Waals surface area contributed by atoms with Crippen molar-refractivity contribution in [3.05, 3.63) is 0 Å². The predicted molar refractivity (Wildman–Crippen MR) is 63.1 cm³/mol. The van der Waals surface area contributed by atoms with E-state index in [0.717, 1.165) is 6.61 Å². The minimum atomic E-state index is -0.691. The summed E-state index contributed by atoms with van der Waals surface area (Å²) in [5.41, 5.74) is -0.691. The number of nitrogens with one attached hydrogen (secondary N) is 1. The maximum Gasteiger partial charge on any atom is 0.0869 e. The number of hydrogen-bond acceptors (Lipinski definition) is 4. The van der Waals surface area contributed by atoms with Crippen LogP contribution in [0.25, 0.3) is 0 Å². The third kappa shape index (κ3) is 8.81. The minimum Gasteiger partial charge on any atom is -0.388 e. The van der Waals surface area contributed by atoms with E-state index >= 15 is 0 Å². The molecular formula is C11H26N2O2. The Hall–Kier alpha value is -0.160. The van der Waals surface area contributed by atoms with Gasteiger partial charge >= 0.3 is 0 Å². The van der Waals surface area contributed by atoms with E-state index in [9.17, 15) is 5.11 Å². The van der Waals surface area contributed by atoms with Crippen LogP contribution in [-0.2, 0) is 4.74 Å². The Morgan fingerprint density at radius 2 is 2.07 bits per heavy atom. The van der Waals surface area contributed by atoms with Gasteiger partial charge in [-0.1, -0.05) is 0 Å². The van der Waals surface area contributed by atoms with Crippen LogP contribution < -0.4 is 5.32 Å². The molecule has 2 N–H and O–H groups in total. The van der Waals surface area contributed by atoms with E-state index in [0.29, 0.717) is 19.7 Å². The molecule has 0 rings (SSSR count). The standard InChI is InChI=1S/C11H26N2O2/c1-6-15-7-10(2)12-8-11(3,14)9-13(4)5/h10,12,14H,6-9H2,1-5H3. The molecule has 0 saturated carbocycles. The second kappa shape index (κ2) is 7.17. The normalized spacial score (nSPS) is 17.8. The molecule has 4 heteroatoms. The number of ether oxygens (including phenoxy) is 1. The van der Waals surface area contributed by atoms with Gasteiger partial charge in [-0.25, -0.2) is 0 Å². The molecular weight excluding hydrogens is 192 g/mol. The van der Waals surface area contributed by atoms with Crippen molar-refractivity contribution in [2.75, 3.05) is 40.4 Å². The van der Waals surface area contributed by atoms with E-state index in [1.165, 1.54) is 0 Å². The van der Waals surface area contributed by atoms with Crippen LogP contribution in [0.4, 0.5) is 0 Å². The first-order valence-corrected chi connectivity index (χ1v) is 5.55. The lowest BCUT2D eigenvalue weighted by Gasteiger charge is -2.28. The Bertz CT molecular complexity index is 161. The fourth-order valence-electron chi connectivity index (χ4n) is 1.48. The van der Waals surface area contributed by atoms with E-state index in [1.54, 1.807) is 0 Å². The summed E-state index contributed by atoms with van der Waals surface area (Å²) in [5, 5.41) is 13.3. The van der Waals surface area contributed by atoms with Gasteiger partial charge in [-0.15, -0.1) is 0 Å². The molecule has 92 valence electrons. The van der Waals surface area contributed by atoms with Crippen LogP contribution in [0.1, 0.15) is 20.8 Å². The molecule has 0 bridgehead atoms. The minimum absolute atomic E-state index is 0.276. The maximum absolute atomic E-state index is 10.0. The summed E-state index contributed by atoms with van der Waals surface area (Å²) in [6.07, 6.45) is 0. The van der Waals surface area contributed by atoms with Crippen molar-refractivity contribution in [1.82, 2.24) is 10.2 Å². The van der Waals surface area contributed by atoms with E-state index in [4.69, 9.17) is 4.74 Å². The highest BCUT2D eigenvalue weighted by Crippen LogP contribution is 2.03. The maximum atomic E-state index is 10.0. The first-order valence-electron chi connectivity index (χ1n) is 5.55. The molecule has 0 aliphatic heterocycles. The van der Waals surface area contributed by atoms with Crippen molar-refractivity contribution < 1.29 is 9.84 Å². The lowest BCUT2D eigenvalue weighted by molar-refractivity contribution is 0.0275. The zero-order valence-electron chi connectivity index (χ0n) is 10.7. The monoisotopic (exact) mass is 218 g/mol. The molecule has 2 atom stereocenters. The van der Waals surface area contributed by atoms with Gasteiger partial charge in [0.25, 0.3) is 0 Å². The van der Waals surface area contributed by atoms with E-state index in [1.807, 2.05) is 32.8 Å². The Morgan fingerprint density at radius 3 is 2.53 bits per heavy atom. The third-order valence-electron chi connectivity index (χ3n) is 2.06. The predicted octanol–water partition coefficient (Wildman–Crippen LogP) is 0.314. The summed E-state index contributed by atoms with van der Waals surface area (Å²) in [7, 11) is 3.91. The van der Waals surface area contributed by atoms with Crippen molar-refractivity contribution in [1.29, 1.82) is 0 Å². The van der Waals surface area contributed by atoms with Crippen LogP contribution in [-0.4, -0.2) is 62.0 Å². The Morgan fingerprint density at radius 1 is 1.47 bits per heavy atom. The van der Waals surface area contributed by atoms with Gasteiger partial charge in [-0.2, -0.15) is 0 Å². The number of likely N-dealkylation sites (N-methyl/N-ethyl adjacent to an activating group) is 1. The number of rotatable bonds is 8. The number of aliphatic hydroxyl groups is 1. The van der Waals surface area contributed by atoms with Gasteiger partial charge in [-0.05, 0) is 34.9 Å². The van der Waals surface area contributed by atoms with Crippen LogP contribution in [0.15, 0.2) is 0 Å². The SMILES string of the molecule is CCOCC(C)NCC(C)(O)CN(C)C. The van der Waals surface area contributed by atoms with Gasteiger partial charge in [0.15, 0.2) is 0 Å². The second-order valence-electron chi connectivity index (χ2n) is 4.68. The molecule has 0 aliphatic rings. The van der Waals surface area contributed by atoms with Crippen LogP contribution in [0.2, 0.25) is 0 Å². The molecule has 0 aromatic rings. The third-order valence-corrected chi connectivity index (χ3v) is 2.06. The topological polar surface area (TPSA) is 44.7 Å². The van der Waals surface area contributed by atoms with Crippen molar-refractivity contribution in [3.63, 3.8) is 0 Å². The van der Waals surface area contributed by atoms with Gasteiger partial charge in [0.05, 0.1) is 12.2 Å². The first kappa shape index (κ1) is 14.8. The highest BCUT2D eigenvalue weighted by molar-refractivity contribution is 4.79. The molecule has 15 heavy (non-hydrogen) atoms. The van der Waals surface area contributed by atoms with Crippen molar-refractivity contribution in [3.8, 4) is 0 Å². The molecule has 0 aliphatic carbocycles. The summed E-state index contributed by atoms with van der Waals surface area (Å²) >= 11 is 0. The zero-order valence-corrected chi connectivity index (χ0v) is 10.7. The zero-order chi connectivity index (χ0) is 11.9. The van der Waals surface area contributed by atoms with E-state index in [2.05, 4.69) is 12.2 Å². The van der Waals surface area contributed by atoms with Gasteiger partial charge < -0.3 is 20.1 Å². The highest BCUT2D eigenvalue weighted by Gasteiger charge is 2.21. The smallest absolute Gasteiger partial charge is 0.0869 e. The average Bonchev–Trinajstić information content (AvgIpc) is 2.09. The lowest BCUT2D eigenvalue weighted by atomic mass is 10.1. The molecule has 0 fully saturated rings. The first-order chi connectivity index (χ1) is 6.87. The lowest BCUT2D eigenvalue weighted by Crippen LogP contribution is -2.48. The van der Waals surface area contributed by atoms with Crippen LogP contribution in [0.5, 0.6) is 0 Å². The van der Waals surface area contributed by atoms with E-state index < -0.39 is 5.60 Å². The summed E-state index contributed by atoms with van der Waals surface area (Å²) in [6.45, 7) is 8.54. The van der Waals surface area contributed by atoms with Crippen molar-refractivity contribution in [2.45, 2.75) is 32.4 Å². The van der Waals surface area contributed by atoms with Gasteiger partial charge in [0, 0.05) is 25.7 Å².